The lowest BCUT2D eigenvalue weighted by Gasteiger charge is -2.22. The van der Waals surface area contributed by atoms with Crippen LogP contribution >= 0.6 is 0 Å². The molecule has 13 heavy (non-hydrogen) atoms. The lowest BCUT2D eigenvalue weighted by Crippen LogP contribution is -2.22. The zero-order chi connectivity index (χ0) is 9.42. The smallest absolute Gasteiger partial charge is 0.222 e. The van der Waals surface area contributed by atoms with E-state index in [9.17, 15) is 0 Å². The van der Waals surface area contributed by atoms with Gasteiger partial charge in [0.05, 0.1) is 5.69 Å². The number of hydrogen-bond acceptors (Lipinski definition) is 5. The average molecular weight is 179 g/mol. The third-order valence-electron chi connectivity index (χ3n) is 2.37. The Bertz CT molecular complexity index is 336. The maximum atomic E-state index is 5.90. The minimum absolute atomic E-state index is 0.0238. The number of anilines is 2. The molecule has 1 heterocycles. The number of aromatic nitrogens is 2. The van der Waals surface area contributed by atoms with Gasteiger partial charge in [0.15, 0.2) is 0 Å². The van der Waals surface area contributed by atoms with Crippen molar-refractivity contribution in [3.8, 4) is 0 Å². The molecular weight excluding hydrogens is 166 g/mol. The van der Waals surface area contributed by atoms with Crippen LogP contribution in [0.3, 0.4) is 0 Å². The molecule has 70 valence electrons. The second-order valence-corrected chi connectivity index (χ2v) is 3.33. The fourth-order valence-corrected chi connectivity index (χ4v) is 1.78. The molecule has 0 aliphatic heterocycles. The van der Waals surface area contributed by atoms with Crippen LogP contribution in [0, 0.1) is 0 Å². The average Bonchev–Trinajstić information content (AvgIpc) is 2.02. The summed E-state index contributed by atoms with van der Waals surface area (Å²) in [6.07, 6.45) is 2.90. The van der Waals surface area contributed by atoms with Crippen LogP contribution in [0.25, 0.3) is 0 Å². The van der Waals surface area contributed by atoms with Crippen LogP contribution in [0.1, 0.15) is 30.1 Å². The monoisotopic (exact) mass is 179 g/mol. The Labute approximate surface area is 76.3 Å². The summed E-state index contributed by atoms with van der Waals surface area (Å²) in [5.74, 6) is 0.681. The van der Waals surface area contributed by atoms with E-state index >= 15 is 0 Å². The number of hydrogen-bond donors (Lipinski definition) is 3. The fraction of sp³-hybridized carbons (Fsp3) is 0.500. The Morgan fingerprint density at radius 2 is 2.00 bits per heavy atom. The van der Waals surface area contributed by atoms with Crippen LogP contribution in [-0.4, -0.2) is 9.97 Å². The molecule has 0 saturated carbocycles. The number of nitrogen functional groups attached to an aromatic ring is 2. The van der Waals surface area contributed by atoms with Gasteiger partial charge in [-0.2, -0.15) is 4.98 Å². The molecule has 6 N–H and O–H groups in total. The molecule has 5 nitrogen and oxygen atoms in total. The Morgan fingerprint density at radius 3 is 2.77 bits per heavy atom. The molecule has 0 aromatic carbocycles. The van der Waals surface area contributed by atoms with Crippen molar-refractivity contribution in [1.29, 1.82) is 0 Å². The van der Waals surface area contributed by atoms with E-state index in [-0.39, 0.29) is 12.0 Å². The molecule has 2 rings (SSSR count). The van der Waals surface area contributed by atoms with Crippen LogP contribution in [0.4, 0.5) is 11.8 Å². The molecule has 1 aromatic rings. The molecule has 0 radical (unpaired) electrons. The van der Waals surface area contributed by atoms with E-state index in [4.69, 9.17) is 17.2 Å². The Morgan fingerprint density at radius 1 is 1.23 bits per heavy atom. The topological polar surface area (TPSA) is 104 Å². The van der Waals surface area contributed by atoms with E-state index in [2.05, 4.69) is 9.97 Å². The summed E-state index contributed by atoms with van der Waals surface area (Å²) in [5, 5.41) is 0. The van der Waals surface area contributed by atoms with E-state index in [1.165, 1.54) is 0 Å². The summed E-state index contributed by atoms with van der Waals surface area (Å²) in [4.78, 5) is 8.03. The van der Waals surface area contributed by atoms with Gasteiger partial charge in [0.2, 0.25) is 5.95 Å². The summed E-state index contributed by atoms with van der Waals surface area (Å²) >= 11 is 0. The number of rotatable bonds is 0. The van der Waals surface area contributed by atoms with E-state index in [1.807, 2.05) is 0 Å². The molecule has 1 aliphatic rings. The van der Waals surface area contributed by atoms with Crippen molar-refractivity contribution >= 4 is 11.8 Å². The molecule has 1 atom stereocenters. The van der Waals surface area contributed by atoms with Gasteiger partial charge in [-0.15, -0.1) is 0 Å². The number of fused-ring (bicyclic) bond motifs is 1. The summed E-state index contributed by atoms with van der Waals surface area (Å²) < 4.78 is 0. The van der Waals surface area contributed by atoms with E-state index in [1.54, 1.807) is 0 Å². The Balaban J connectivity index is 2.56. The highest BCUT2D eigenvalue weighted by atomic mass is 15.0. The van der Waals surface area contributed by atoms with Gasteiger partial charge in [0.1, 0.15) is 5.82 Å². The molecule has 0 spiro atoms. The van der Waals surface area contributed by atoms with Gasteiger partial charge in [0.25, 0.3) is 0 Å². The number of aryl methyl sites for hydroxylation is 1. The van der Waals surface area contributed by atoms with E-state index < -0.39 is 0 Å². The van der Waals surface area contributed by atoms with Gasteiger partial charge in [-0.25, -0.2) is 4.98 Å². The van der Waals surface area contributed by atoms with E-state index in [0.29, 0.717) is 5.82 Å². The largest absolute Gasteiger partial charge is 0.383 e. The van der Waals surface area contributed by atoms with Crippen molar-refractivity contribution in [3.63, 3.8) is 0 Å². The van der Waals surface area contributed by atoms with Crippen molar-refractivity contribution < 1.29 is 0 Å². The maximum absolute atomic E-state index is 5.90. The highest BCUT2D eigenvalue weighted by molar-refractivity contribution is 5.48. The number of nitrogens with zero attached hydrogens (tertiary/aromatic N) is 2. The van der Waals surface area contributed by atoms with Crippen LogP contribution < -0.4 is 17.2 Å². The second-order valence-electron chi connectivity index (χ2n) is 3.33. The van der Waals surface area contributed by atoms with Crippen molar-refractivity contribution in [2.45, 2.75) is 25.3 Å². The lowest BCUT2D eigenvalue weighted by molar-refractivity contribution is 0.560. The van der Waals surface area contributed by atoms with Crippen LogP contribution in [0.2, 0.25) is 0 Å². The van der Waals surface area contributed by atoms with Crippen molar-refractivity contribution in [3.05, 3.63) is 11.3 Å². The first-order chi connectivity index (χ1) is 6.18. The minimum atomic E-state index is -0.0238. The van der Waals surface area contributed by atoms with E-state index in [0.717, 1.165) is 30.5 Å². The lowest BCUT2D eigenvalue weighted by atomic mass is 9.92. The predicted molar refractivity (Wildman–Crippen MR) is 50.7 cm³/mol. The quantitative estimate of drug-likeness (QED) is 0.519. The molecule has 1 unspecified atom stereocenters. The van der Waals surface area contributed by atoms with Crippen molar-refractivity contribution in [2.75, 3.05) is 11.5 Å². The van der Waals surface area contributed by atoms with Gasteiger partial charge in [-0.05, 0) is 19.3 Å². The molecule has 1 aromatic heterocycles. The highest BCUT2D eigenvalue weighted by Gasteiger charge is 2.21. The zero-order valence-corrected chi connectivity index (χ0v) is 7.33. The maximum Gasteiger partial charge on any atom is 0.222 e. The molecule has 0 bridgehead atoms. The van der Waals surface area contributed by atoms with Gasteiger partial charge < -0.3 is 17.2 Å². The van der Waals surface area contributed by atoms with Gasteiger partial charge in [-0.1, -0.05) is 0 Å². The third-order valence-corrected chi connectivity index (χ3v) is 2.37. The summed E-state index contributed by atoms with van der Waals surface area (Å²) in [6.45, 7) is 0. The Hall–Kier alpha value is -1.36. The summed E-state index contributed by atoms with van der Waals surface area (Å²) in [5.41, 5.74) is 18.9. The molecule has 0 amide bonds. The van der Waals surface area contributed by atoms with Crippen LogP contribution in [-0.2, 0) is 6.42 Å². The zero-order valence-electron chi connectivity index (χ0n) is 7.33. The first kappa shape index (κ1) is 8.25. The van der Waals surface area contributed by atoms with Crippen LogP contribution in [0.5, 0.6) is 0 Å². The summed E-state index contributed by atoms with van der Waals surface area (Å²) in [7, 11) is 0. The normalized spacial score (nSPS) is 21.2. The molecule has 1 aliphatic carbocycles. The predicted octanol–water partition coefficient (Wildman–Crippen LogP) is -0.0229. The molecule has 0 fully saturated rings. The second kappa shape index (κ2) is 2.85. The van der Waals surface area contributed by atoms with Crippen molar-refractivity contribution in [1.82, 2.24) is 9.97 Å². The van der Waals surface area contributed by atoms with Crippen molar-refractivity contribution in [2.24, 2.45) is 5.73 Å². The molecule has 0 saturated heterocycles. The standard InChI is InChI=1S/C8H13N5/c9-4-2-1-3-5-6(4)7(10)13-8(11)12-5/h4H,1-3,9H2,(H4,10,11,12,13). The first-order valence-corrected chi connectivity index (χ1v) is 4.36. The fourth-order valence-electron chi connectivity index (χ4n) is 1.78. The van der Waals surface area contributed by atoms with Gasteiger partial charge in [-0.3, -0.25) is 0 Å². The SMILES string of the molecule is Nc1nc(N)c2c(n1)CCCC2N. The van der Waals surface area contributed by atoms with Gasteiger partial charge in [0, 0.05) is 11.6 Å². The van der Waals surface area contributed by atoms with Gasteiger partial charge >= 0.3 is 0 Å². The highest BCUT2D eigenvalue weighted by Crippen LogP contribution is 2.30. The Kier molecular flexibility index (Phi) is 1.81. The van der Waals surface area contributed by atoms with Crippen LogP contribution in [0.15, 0.2) is 0 Å². The molecular formula is C8H13N5. The summed E-state index contributed by atoms with van der Waals surface area (Å²) in [6, 6.07) is -0.0238. The third kappa shape index (κ3) is 1.31. The number of nitrogens with two attached hydrogens (primary N) is 3. The minimum Gasteiger partial charge on any atom is -0.383 e. The molecule has 5 heteroatoms. The first-order valence-electron chi connectivity index (χ1n) is 4.36.